The highest BCUT2D eigenvalue weighted by Crippen LogP contribution is 2.09. The first-order valence-corrected chi connectivity index (χ1v) is 5.34. The van der Waals surface area contributed by atoms with Gasteiger partial charge >= 0.3 is 0 Å². The van der Waals surface area contributed by atoms with Gasteiger partial charge in [-0.2, -0.15) is 0 Å². The quantitative estimate of drug-likeness (QED) is 0.879. The van der Waals surface area contributed by atoms with E-state index in [-0.39, 0.29) is 0 Å². The van der Waals surface area contributed by atoms with Gasteiger partial charge in [0.2, 0.25) is 0 Å². The van der Waals surface area contributed by atoms with Crippen LogP contribution in [-0.2, 0) is 6.42 Å². The molecule has 88 valence electrons. The highest BCUT2D eigenvalue weighted by molar-refractivity contribution is 5.33. The summed E-state index contributed by atoms with van der Waals surface area (Å²) in [6.45, 7) is 0.583. The van der Waals surface area contributed by atoms with Crippen molar-refractivity contribution in [3.8, 4) is 0 Å². The Labute approximate surface area is 98.3 Å². The van der Waals surface area contributed by atoms with Gasteiger partial charge in [0, 0.05) is 18.8 Å². The van der Waals surface area contributed by atoms with E-state index < -0.39 is 11.6 Å². The molecule has 0 saturated heterocycles. The molecule has 0 aliphatic heterocycles. The van der Waals surface area contributed by atoms with Crippen molar-refractivity contribution in [1.82, 2.24) is 4.98 Å². The van der Waals surface area contributed by atoms with Crippen LogP contribution in [-0.4, -0.2) is 11.5 Å². The summed E-state index contributed by atoms with van der Waals surface area (Å²) < 4.78 is 25.8. The van der Waals surface area contributed by atoms with Gasteiger partial charge in [0.25, 0.3) is 0 Å². The summed E-state index contributed by atoms with van der Waals surface area (Å²) in [6, 6.07) is 9.08. The van der Waals surface area contributed by atoms with Crippen LogP contribution in [0.4, 0.5) is 14.6 Å². The Balaban J connectivity index is 1.90. The number of pyridine rings is 1. The predicted molar refractivity (Wildman–Crippen MR) is 62.8 cm³/mol. The standard InChI is InChI=1S/C13H12F2N2/c14-11-7-10(8-12(15)9-11)4-6-17-13-3-1-2-5-16-13/h1-3,5,7-9H,4,6H2,(H,16,17). The number of nitrogens with zero attached hydrogens (tertiary/aromatic N) is 1. The molecule has 0 atom stereocenters. The zero-order valence-electron chi connectivity index (χ0n) is 9.16. The SMILES string of the molecule is Fc1cc(F)cc(CCNc2ccccn2)c1. The number of hydrogen-bond donors (Lipinski definition) is 1. The smallest absolute Gasteiger partial charge is 0.126 e. The Morgan fingerprint density at radius 2 is 1.82 bits per heavy atom. The molecule has 4 heteroatoms. The minimum Gasteiger partial charge on any atom is -0.370 e. The molecule has 1 aromatic carbocycles. The van der Waals surface area contributed by atoms with Gasteiger partial charge in [-0.25, -0.2) is 13.8 Å². The summed E-state index contributed by atoms with van der Waals surface area (Å²) in [5.41, 5.74) is 0.630. The normalized spacial score (nSPS) is 10.2. The van der Waals surface area contributed by atoms with Crippen LogP contribution < -0.4 is 5.32 Å². The molecule has 17 heavy (non-hydrogen) atoms. The molecule has 2 nitrogen and oxygen atoms in total. The maximum Gasteiger partial charge on any atom is 0.126 e. The molecular formula is C13H12F2N2. The molecular weight excluding hydrogens is 222 g/mol. The second-order valence-electron chi connectivity index (χ2n) is 3.67. The fraction of sp³-hybridized carbons (Fsp3) is 0.154. The number of anilines is 1. The van der Waals surface area contributed by atoms with Crippen LogP contribution in [0.25, 0.3) is 0 Å². The molecule has 2 aromatic rings. The van der Waals surface area contributed by atoms with Gasteiger partial charge in [-0.05, 0) is 36.2 Å². The number of aromatic nitrogens is 1. The van der Waals surface area contributed by atoms with Crippen molar-refractivity contribution in [2.45, 2.75) is 6.42 Å². The van der Waals surface area contributed by atoms with Crippen molar-refractivity contribution in [2.24, 2.45) is 0 Å². The van der Waals surface area contributed by atoms with E-state index in [1.54, 1.807) is 6.20 Å². The van der Waals surface area contributed by atoms with Crippen molar-refractivity contribution < 1.29 is 8.78 Å². The van der Waals surface area contributed by atoms with Gasteiger partial charge in [-0.1, -0.05) is 6.07 Å². The summed E-state index contributed by atoms with van der Waals surface area (Å²) >= 11 is 0. The highest BCUT2D eigenvalue weighted by Gasteiger charge is 2.00. The Hall–Kier alpha value is -1.97. The van der Waals surface area contributed by atoms with Gasteiger partial charge < -0.3 is 5.32 Å². The second-order valence-corrected chi connectivity index (χ2v) is 3.67. The van der Waals surface area contributed by atoms with Crippen molar-refractivity contribution in [2.75, 3.05) is 11.9 Å². The van der Waals surface area contributed by atoms with Gasteiger partial charge in [0.1, 0.15) is 17.5 Å². The summed E-state index contributed by atoms with van der Waals surface area (Å²) in [4.78, 5) is 4.09. The van der Waals surface area contributed by atoms with Crippen LogP contribution in [0.1, 0.15) is 5.56 Å². The van der Waals surface area contributed by atoms with Gasteiger partial charge in [0.15, 0.2) is 0 Å². The van der Waals surface area contributed by atoms with Crippen molar-refractivity contribution in [1.29, 1.82) is 0 Å². The fourth-order valence-electron chi connectivity index (χ4n) is 1.56. The molecule has 0 saturated carbocycles. The molecule has 1 aromatic heterocycles. The summed E-state index contributed by atoms with van der Waals surface area (Å²) in [7, 11) is 0. The molecule has 1 N–H and O–H groups in total. The van der Waals surface area contributed by atoms with E-state index in [1.807, 2.05) is 18.2 Å². The lowest BCUT2D eigenvalue weighted by Crippen LogP contribution is -2.06. The third-order valence-corrected chi connectivity index (χ3v) is 2.31. The third kappa shape index (κ3) is 3.52. The molecule has 0 bridgehead atoms. The summed E-state index contributed by atoms with van der Waals surface area (Å²) in [6.07, 6.45) is 2.23. The predicted octanol–water partition coefficient (Wildman–Crippen LogP) is 3.01. The number of hydrogen-bond acceptors (Lipinski definition) is 2. The van der Waals surface area contributed by atoms with Gasteiger partial charge in [-0.15, -0.1) is 0 Å². The molecule has 0 aliphatic rings. The molecule has 0 spiro atoms. The minimum atomic E-state index is -0.544. The molecule has 0 radical (unpaired) electrons. The molecule has 0 aliphatic carbocycles. The largest absolute Gasteiger partial charge is 0.370 e. The van der Waals surface area contributed by atoms with Gasteiger partial charge in [-0.3, -0.25) is 0 Å². The molecule has 2 rings (SSSR count). The Bertz CT molecular complexity index is 466. The zero-order valence-corrected chi connectivity index (χ0v) is 9.16. The fourth-order valence-corrected chi connectivity index (χ4v) is 1.56. The van der Waals surface area contributed by atoms with Crippen molar-refractivity contribution >= 4 is 5.82 Å². The minimum absolute atomic E-state index is 0.544. The molecule has 0 fully saturated rings. The Morgan fingerprint density at radius 1 is 1.06 bits per heavy atom. The number of benzene rings is 1. The Kier molecular flexibility index (Phi) is 3.65. The lowest BCUT2D eigenvalue weighted by atomic mass is 10.1. The highest BCUT2D eigenvalue weighted by atomic mass is 19.1. The van der Waals surface area contributed by atoms with Gasteiger partial charge in [0.05, 0.1) is 0 Å². The second kappa shape index (κ2) is 5.39. The first kappa shape index (κ1) is 11.5. The number of nitrogens with one attached hydrogen (secondary N) is 1. The number of halogens is 2. The van der Waals surface area contributed by atoms with Crippen molar-refractivity contribution in [3.63, 3.8) is 0 Å². The first-order valence-electron chi connectivity index (χ1n) is 5.34. The van der Waals surface area contributed by atoms with E-state index in [4.69, 9.17) is 0 Å². The van der Waals surface area contributed by atoms with E-state index in [9.17, 15) is 8.78 Å². The van der Waals surface area contributed by atoms with Crippen LogP contribution in [0.2, 0.25) is 0 Å². The van der Waals surface area contributed by atoms with Crippen molar-refractivity contribution in [3.05, 3.63) is 59.8 Å². The van der Waals surface area contributed by atoms with E-state index >= 15 is 0 Å². The monoisotopic (exact) mass is 234 g/mol. The lowest BCUT2D eigenvalue weighted by molar-refractivity contribution is 0.580. The van der Waals surface area contributed by atoms with Crippen LogP contribution in [0.5, 0.6) is 0 Å². The van der Waals surface area contributed by atoms with E-state index in [1.165, 1.54) is 12.1 Å². The average molecular weight is 234 g/mol. The van der Waals surface area contributed by atoms with Crippen LogP contribution in [0, 0.1) is 11.6 Å². The van der Waals surface area contributed by atoms with E-state index in [2.05, 4.69) is 10.3 Å². The summed E-state index contributed by atoms with van der Waals surface area (Å²) in [5, 5.41) is 3.08. The maximum absolute atomic E-state index is 12.9. The first-order chi connectivity index (χ1) is 8.24. The maximum atomic E-state index is 12.9. The van der Waals surface area contributed by atoms with E-state index in [0.717, 1.165) is 11.9 Å². The zero-order chi connectivity index (χ0) is 12.1. The molecule has 0 amide bonds. The van der Waals surface area contributed by atoms with E-state index in [0.29, 0.717) is 18.5 Å². The molecule has 0 unspecified atom stereocenters. The van der Waals surface area contributed by atoms with Crippen LogP contribution >= 0.6 is 0 Å². The topological polar surface area (TPSA) is 24.9 Å². The molecule has 1 heterocycles. The summed E-state index contributed by atoms with van der Waals surface area (Å²) in [5.74, 6) is -0.333. The van der Waals surface area contributed by atoms with Crippen LogP contribution in [0.15, 0.2) is 42.6 Å². The average Bonchev–Trinajstić information content (AvgIpc) is 2.29. The lowest BCUT2D eigenvalue weighted by Gasteiger charge is -2.05. The van der Waals surface area contributed by atoms with Crippen LogP contribution in [0.3, 0.4) is 0 Å². The third-order valence-electron chi connectivity index (χ3n) is 2.31. The Morgan fingerprint density at radius 3 is 2.47 bits per heavy atom. The number of rotatable bonds is 4.